The van der Waals surface area contributed by atoms with Crippen LogP contribution in [0.2, 0.25) is 0 Å². The molecule has 0 heterocycles. The van der Waals surface area contributed by atoms with Gasteiger partial charge in [0.2, 0.25) is 0 Å². The van der Waals surface area contributed by atoms with E-state index in [1.165, 1.54) is 12.1 Å². The Morgan fingerprint density at radius 1 is 1.26 bits per heavy atom. The number of benzene rings is 1. The summed E-state index contributed by atoms with van der Waals surface area (Å²) in [6, 6.07) is 5.10. The van der Waals surface area contributed by atoms with E-state index in [1.54, 1.807) is 0 Å². The molecule has 1 aromatic carbocycles. The van der Waals surface area contributed by atoms with Crippen molar-refractivity contribution in [2.24, 2.45) is 0 Å². The molecule has 1 aliphatic rings. The van der Waals surface area contributed by atoms with Crippen LogP contribution in [0.15, 0.2) is 24.3 Å². The Hall–Kier alpha value is -1.24. The lowest BCUT2D eigenvalue weighted by molar-refractivity contribution is -0.274. The van der Waals surface area contributed by atoms with Crippen LogP contribution in [-0.2, 0) is 15.6 Å². The van der Waals surface area contributed by atoms with Gasteiger partial charge in [-0.05, 0) is 30.5 Å². The molecule has 0 N–H and O–H groups in total. The second-order valence-electron chi connectivity index (χ2n) is 4.56. The van der Waals surface area contributed by atoms with Crippen LogP contribution in [0.25, 0.3) is 0 Å². The summed E-state index contributed by atoms with van der Waals surface area (Å²) in [5.74, 6) is -0.638. The van der Waals surface area contributed by atoms with E-state index >= 15 is 0 Å². The van der Waals surface area contributed by atoms with Crippen LogP contribution in [0.4, 0.5) is 13.2 Å². The van der Waals surface area contributed by atoms with Gasteiger partial charge in [-0.3, -0.25) is 0 Å². The van der Waals surface area contributed by atoms with Crippen molar-refractivity contribution in [1.82, 2.24) is 0 Å². The predicted molar refractivity (Wildman–Crippen MR) is 63.4 cm³/mol. The molecule has 1 fully saturated rings. The monoisotopic (exact) mass is 294 g/mol. The summed E-state index contributed by atoms with van der Waals surface area (Å²) in [5, 5.41) is -0.348. The molecule has 0 radical (unpaired) electrons. The first-order chi connectivity index (χ1) is 8.76. The minimum absolute atomic E-state index is 0.243. The third-order valence-electron chi connectivity index (χ3n) is 3.06. The largest absolute Gasteiger partial charge is 0.573 e. The van der Waals surface area contributed by atoms with Gasteiger partial charge in [0, 0.05) is 0 Å². The first-order valence-electron chi connectivity index (χ1n) is 5.82. The van der Waals surface area contributed by atoms with Crippen molar-refractivity contribution in [1.29, 1.82) is 0 Å². The highest BCUT2D eigenvalue weighted by Gasteiger charge is 2.32. The highest BCUT2D eigenvalue weighted by Crippen LogP contribution is 2.30. The summed E-state index contributed by atoms with van der Waals surface area (Å²) >= 11 is 0. The lowest BCUT2D eigenvalue weighted by Crippen LogP contribution is -2.29. The van der Waals surface area contributed by atoms with Crippen LogP contribution in [0.1, 0.15) is 24.8 Å². The fourth-order valence-corrected chi connectivity index (χ4v) is 3.84. The number of hydrogen-bond acceptors (Lipinski definition) is 3. The molecule has 7 heteroatoms. The van der Waals surface area contributed by atoms with E-state index in [0.717, 1.165) is 18.6 Å². The number of sulfone groups is 1. The summed E-state index contributed by atoms with van der Waals surface area (Å²) < 4.78 is 63.8. The highest BCUT2D eigenvalue weighted by molar-refractivity contribution is 7.91. The van der Waals surface area contributed by atoms with Gasteiger partial charge in [0.15, 0.2) is 9.84 Å². The number of halogens is 3. The van der Waals surface area contributed by atoms with Crippen LogP contribution >= 0.6 is 0 Å². The fourth-order valence-electron chi connectivity index (χ4n) is 1.91. The number of alkyl halides is 3. The van der Waals surface area contributed by atoms with Crippen molar-refractivity contribution in [2.45, 2.75) is 36.6 Å². The molecule has 1 aliphatic carbocycles. The van der Waals surface area contributed by atoms with Crippen LogP contribution in [0.5, 0.6) is 5.75 Å². The predicted octanol–water partition coefficient (Wildman–Crippen LogP) is 3.05. The van der Waals surface area contributed by atoms with Gasteiger partial charge in [0.05, 0.1) is 11.0 Å². The molecule has 106 valence electrons. The van der Waals surface area contributed by atoms with Crippen LogP contribution in [0.3, 0.4) is 0 Å². The van der Waals surface area contributed by atoms with Crippen molar-refractivity contribution < 1.29 is 26.3 Å². The number of hydrogen-bond donors (Lipinski definition) is 0. The van der Waals surface area contributed by atoms with Crippen molar-refractivity contribution in [3.63, 3.8) is 0 Å². The highest BCUT2D eigenvalue weighted by atomic mass is 32.2. The minimum atomic E-state index is -4.77. The number of rotatable bonds is 4. The molecule has 1 aromatic rings. The summed E-state index contributed by atoms with van der Waals surface area (Å²) in [7, 11) is -3.27. The Bertz CT molecular complexity index is 548. The van der Waals surface area contributed by atoms with Gasteiger partial charge in [-0.2, -0.15) is 0 Å². The zero-order valence-electron chi connectivity index (χ0n) is 9.98. The molecule has 0 aliphatic heterocycles. The summed E-state index contributed by atoms with van der Waals surface area (Å²) in [4.78, 5) is 0. The Morgan fingerprint density at radius 2 is 1.95 bits per heavy atom. The van der Waals surface area contributed by atoms with Gasteiger partial charge in [0.25, 0.3) is 0 Å². The van der Waals surface area contributed by atoms with Gasteiger partial charge in [-0.1, -0.05) is 18.6 Å². The van der Waals surface area contributed by atoms with Gasteiger partial charge >= 0.3 is 6.36 Å². The van der Waals surface area contributed by atoms with E-state index in [1.807, 2.05) is 0 Å². The maximum atomic E-state index is 12.1. The zero-order valence-corrected chi connectivity index (χ0v) is 10.8. The van der Waals surface area contributed by atoms with Gasteiger partial charge in [-0.15, -0.1) is 13.2 Å². The third-order valence-corrected chi connectivity index (χ3v) is 5.28. The van der Waals surface area contributed by atoms with Gasteiger partial charge < -0.3 is 4.74 Å². The first kappa shape index (κ1) is 14.2. The third kappa shape index (κ3) is 3.86. The minimum Gasteiger partial charge on any atom is -0.406 e. The fraction of sp³-hybridized carbons (Fsp3) is 0.500. The molecule has 0 atom stereocenters. The maximum Gasteiger partial charge on any atom is 0.573 e. The Balaban J connectivity index is 2.11. The standard InChI is InChI=1S/C12H13F3O3S/c13-12(14,15)18-10-4-1-3-9(7-10)8-19(16,17)11-5-2-6-11/h1,3-4,7,11H,2,5-6,8H2. The molecule has 1 saturated carbocycles. The molecular weight excluding hydrogens is 281 g/mol. The molecule has 0 aromatic heterocycles. The Kier molecular flexibility index (Phi) is 3.75. The SMILES string of the molecule is O=S(=O)(Cc1cccc(OC(F)(F)F)c1)C1CCC1. The van der Waals surface area contributed by atoms with Crippen LogP contribution in [0, 0.1) is 0 Å². The van der Waals surface area contributed by atoms with E-state index in [0.29, 0.717) is 18.4 Å². The van der Waals surface area contributed by atoms with Crippen LogP contribution < -0.4 is 4.74 Å². The van der Waals surface area contributed by atoms with Crippen molar-refractivity contribution in [3.05, 3.63) is 29.8 Å². The molecule has 0 spiro atoms. The summed E-state index contributed by atoms with van der Waals surface area (Å²) in [6.45, 7) is 0. The van der Waals surface area contributed by atoms with E-state index in [2.05, 4.69) is 4.74 Å². The zero-order chi connectivity index (χ0) is 14.1. The van der Waals surface area contributed by atoms with Crippen molar-refractivity contribution in [3.8, 4) is 5.75 Å². The Morgan fingerprint density at radius 3 is 2.47 bits per heavy atom. The molecule has 0 bridgehead atoms. The number of ether oxygens (including phenoxy) is 1. The lowest BCUT2D eigenvalue weighted by Gasteiger charge is -2.25. The molecule has 0 unspecified atom stereocenters. The van der Waals surface area contributed by atoms with Gasteiger partial charge in [0.1, 0.15) is 5.75 Å². The molecule has 2 rings (SSSR count). The summed E-state index contributed by atoms with van der Waals surface area (Å²) in [5.41, 5.74) is 0.314. The first-order valence-corrected chi connectivity index (χ1v) is 7.54. The summed E-state index contributed by atoms with van der Waals surface area (Å²) in [6.07, 6.45) is -2.60. The normalized spacial score (nSPS) is 17.0. The van der Waals surface area contributed by atoms with Gasteiger partial charge in [-0.25, -0.2) is 8.42 Å². The average molecular weight is 294 g/mol. The van der Waals surface area contributed by atoms with E-state index in [4.69, 9.17) is 0 Å². The smallest absolute Gasteiger partial charge is 0.406 e. The van der Waals surface area contributed by atoms with E-state index < -0.39 is 21.9 Å². The maximum absolute atomic E-state index is 12.1. The quantitative estimate of drug-likeness (QED) is 0.857. The van der Waals surface area contributed by atoms with Crippen molar-refractivity contribution in [2.75, 3.05) is 0 Å². The average Bonchev–Trinajstić information content (AvgIpc) is 2.09. The molecule has 19 heavy (non-hydrogen) atoms. The van der Waals surface area contributed by atoms with Crippen molar-refractivity contribution >= 4 is 9.84 Å². The molecule has 0 saturated heterocycles. The molecule has 3 nitrogen and oxygen atoms in total. The van der Waals surface area contributed by atoms with Crippen LogP contribution in [-0.4, -0.2) is 20.0 Å². The second kappa shape index (κ2) is 5.03. The lowest BCUT2D eigenvalue weighted by atomic mass is 10.00. The second-order valence-corrected chi connectivity index (χ2v) is 6.84. The van der Waals surface area contributed by atoms with E-state index in [9.17, 15) is 21.6 Å². The van der Waals surface area contributed by atoms with E-state index in [-0.39, 0.29) is 11.0 Å². The Labute approximate surface area is 109 Å². The topological polar surface area (TPSA) is 43.4 Å². The molecule has 0 amide bonds. The molecular formula is C12H13F3O3S.